The number of nitrogens with one attached hydrogen (secondary N) is 3. The van der Waals surface area contributed by atoms with Crippen molar-refractivity contribution in [2.75, 3.05) is 25.5 Å². The van der Waals surface area contributed by atoms with Gasteiger partial charge in [-0.1, -0.05) is 18.2 Å². The van der Waals surface area contributed by atoms with Crippen LogP contribution in [0.1, 0.15) is 12.0 Å². The van der Waals surface area contributed by atoms with Gasteiger partial charge in [-0.25, -0.2) is 4.79 Å². The van der Waals surface area contributed by atoms with Crippen LogP contribution in [-0.4, -0.2) is 55.5 Å². The molecule has 0 bridgehead atoms. The molecular formula is C24H25N3O8. The Labute approximate surface area is 200 Å². The first kappa shape index (κ1) is 22.8. The minimum atomic E-state index is -0.700. The lowest BCUT2D eigenvalue weighted by molar-refractivity contribution is -0.125. The predicted octanol–water partition coefficient (Wildman–Crippen LogP) is 1.66. The monoisotopic (exact) mass is 483 g/mol. The first-order valence-corrected chi connectivity index (χ1v) is 11.1. The highest BCUT2D eigenvalue weighted by Gasteiger charge is 2.29. The fourth-order valence-corrected chi connectivity index (χ4v) is 3.94. The third-order valence-corrected chi connectivity index (χ3v) is 5.70. The molecule has 3 amide bonds. The van der Waals surface area contributed by atoms with E-state index in [1.54, 1.807) is 36.4 Å². The van der Waals surface area contributed by atoms with E-state index in [9.17, 15) is 14.7 Å². The summed E-state index contributed by atoms with van der Waals surface area (Å²) in [6.45, 7) is 0.345. The molecule has 0 saturated carbocycles. The van der Waals surface area contributed by atoms with Crippen LogP contribution < -0.4 is 34.9 Å². The molecule has 2 aromatic carbocycles. The largest absolute Gasteiger partial charge is 0.454 e. The Morgan fingerprint density at radius 1 is 0.914 bits per heavy atom. The number of benzene rings is 2. The van der Waals surface area contributed by atoms with E-state index in [0.717, 1.165) is 5.56 Å². The molecule has 2 aromatic rings. The van der Waals surface area contributed by atoms with Gasteiger partial charge in [0.1, 0.15) is 6.10 Å². The molecule has 3 heterocycles. The van der Waals surface area contributed by atoms with E-state index >= 15 is 0 Å². The minimum absolute atomic E-state index is 0.0770. The van der Waals surface area contributed by atoms with Crippen molar-refractivity contribution in [2.24, 2.45) is 0 Å². The topological polar surface area (TPSA) is 137 Å². The van der Waals surface area contributed by atoms with E-state index < -0.39 is 24.3 Å². The lowest BCUT2D eigenvalue weighted by Crippen LogP contribution is -2.50. The highest BCUT2D eigenvalue weighted by molar-refractivity contribution is 5.90. The molecule has 0 unspecified atom stereocenters. The molecule has 0 aliphatic carbocycles. The van der Waals surface area contributed by atoms with Crippen molar-refractivity contribution < 1.29 is 38.4 Å². The van der Waals surface area contributed by atoms with Crippen molar-refractivity contribution >= 4 is 17.6 Å². The second-order valence-electron chi connectivity index (χ2n) is 8.14. The smallest absolute Gasteiger partial charge is 0.319 e. The molecule has 0 fully saturated rings. The van der Waals surface area contributed by atoms with Crippen molar-refractivity contribution in [2.45, 2.75) is 31.2 Å². The summed E-state index contributed by atoms with van der Waals surface area (Å²) in [5.74, 6) is 2.30. The first-order chi connectivity index (χ1) is 17.1. The van der Waals surface area contributed by atoms with Gasteiger partial charge < -0.3 is 44.7 Å². The van der Waals surface area contributed by atoms with Crippen LogP contribution in [0.3, 0.4) is 0 Å². The van der Waals surface area contributed by atoms with E-state index in [2.05, 4.69) is 16.0 Å². The Hall–Kier alpha value is -3.96. The summed E-state index contributed by atoms with van der Waals surface area (Å²) in [5, 5.41) is 18.1. The number of carbonyl (C=O) groups excluding carboxylic acids is 2. The fraction of sp³-hybridized carbons (Fsp3) is 0.333. The zero-order valence-electron chi connectivity index (χ0n) is 18.7. The van der Waals surface area contributed by atoms with E-state index in [0.29, 0.717) is 35.2 Å². The summed E-state index contributed by atoms with van der Waals surface area (Å²) in [4.78, 5) is 24.9. The Balaban J connectivity index is 1.10. The van der Waals surface area contributed by atoms with Crippen LogP contribution in [0.2, 0.25) is 0 Å². The molecule has 11 heteroatoms. The summed E-state index contributed by atoms with van der Waals surface area (Å²) < 4.78 is 27.0. The number of hydrogen-bond acceptors (Lipinski definition) is 8. The molecule has 0 radical (unpaired) electrons. The Morgan fingerprint density at radius 2 is 1.63 bits per heavy atom. The molecule has 3 aliphatic heterocycles. The molecular weight excluding hydrogens is 458 g/mol. The van der Waals surface area contributed by atoms with E-state index in [1.807, 2.05) is 12.1 Å². The zero-order chi connectivity index (χ0) is 24.2. The number of ether oxygens (including phenoxy) is 5. The average molecular weight is 483 g/mol. The first-order valence-electron chi connectivity index (χ1n) is 11.1. The summed E-state index contributed by atoms with van der Waals surface area (Å²) >= 11 is 0. The summed E-state index contributed by atoms with van der Waals surface area (Å²) in [5.41, 5.74) is 1.42. The van der Waals surface area contributed by atoms with Gasteiger partial charge in [-0.3, -0.25) is 4.79 Å². The van der Waals surface area contributed by atoms with Crippen LogP contribution in [-0.2, 0) is 16.1 Å². The van der Waals surface area contributed by atoms with Crippen molar-refractivity contribution in [1.82, 2.24) is 10.6 Å². The molecule has 4 N–H and O–H groups in total. The van der Waals surface area contributed by atoms with Crippen LogP contribution >= 0.6 is 0 Å². The summed E-state index contributed by atoms with van der Waals surface area (Å²) in [7, 11) is 0. The predicted molar refractivity (Wildman–Crippen MR) is 122 cm³/mol. The number of carbonyl (C=O) groups is 2. The standard InChI is InChI=1S/C24H25N3O8/c28-11-22-17(27-24(30)26-15-2-6-19-21(8-15)34-13-32-19)4-3-16(35-22)9-23(29)25-10-14-1-5-18-20(7-14)33-12-31-18/h1-8,16-17,22,28H,9-13H2,(H,25,29)(H2,26,27,30)/t16-,17+,22-/m1/s1. The van der Waals surface area contributed by atoms with Gasteiger partial charge in [0.05, 0.1) is 25.2 Å². The van der Waals surface area contributed by atoms with Crippen LogP contribution in [0, 0.1) is 0 Å². The number of amides is 3. The maximum atomic E-state index is 12.4. The third-order valence-electron chi connectivity index (χ3n) is 5.70. The second kappa shape index (κ2) is 10.1. The number of hydrogen-bond donors (Lipinski definition) is 4. The minimum Gasteiger partial charge on any atom is -0.454 e. The van der Waals surface area contributed by atoms with Gasteiger partial charge in [-0.2, -0.15) is 0 Å². The lowest BCUT2D eigenvalue weighted by atomic mass is 10.0. The maximum absolute atomic E-state index is 12.4. The SMILES string of the molecule is O=C(C[C@H]1C=C[C@H](NC(=O)Nc2ccc3c(c2)OCO3)[C@@H](CO)O1)NCc1ccc2c(c1)OCO2. The number of aliphatic hydroxyl groups is 1. The van der Waals surface area contributed by atoms with Gasteiger partial charge in [-0.15, -0.1) is 0 Å². The van der Waals surface area contributed by atoms with Crippen molar-refractivity contribution in [3.05, 3.63) is 54.1 Å². The molecule has 5 rings (SSSR count). The lowest BCUT2D eigenvalue weighted by Gasteiger charge is -2.31. The highest BCUT2D eigenvalue weighted by Crippen LogP contribution is 2.34. The molecule has 3 atom stereocenters. The Bertz CT molecular complexity index is 1140. The molecule has 11 nitrogen and oxygen atoms in total. The molecule has 0 saturated heterocycles. The van der Waals surface area contributed by atoms with E-state index in [-0.39, 0.29) is 32.5 Å². The van der Waals surface area contributed by atoms with Gasteiger partial charge in [0.2, 0.25) is 19.5 Å². The van der Waals surface area contributed by atoms with Gasteiger partial charge in [-0.05, 0) is 29.8 Å². The summed E-state index contributed by atoms with van der Waals surface area (Å²) in [6, 6.07) is 9.52. The number of rotatable bonds is 7. The normalized spacial score (nSPS) is 21.5. The molecule has 184 valence electrons. The van der Waals surface area contributed by atoms with Gasteiger partial charge in [0.25, 0.3) is 0 Å². The van der Waals surface area contributed by atoms with Crippen molar-refractivity contribution in [1.29, 1.82) is 0 Å². The third kappa shape index (κ3) is 5.42. The maximum Gasteiger partial charge on any atom is 0.319 e. The van der Waals surface area contributed by atoms with Gasteiger partial charge >= 0.3 is 6.03 Å². The zero-order valence-corrected chi connectivity index (χ0v) is 18.7. The van der Waals surface area contributed by atoms with Crippen LogP contribution in [0.5, 0.6) is 23.0 Å². The van der Waals surface area contributed by atoms with Crippen molar-refractivity contribution in [3.8, 4) is 23.0 Å². The second-order valence-corrected chi connectivity index (χ2v) is 8.14. The Kier molecular flexibility index (Phi) is 6.59. The van der Waals surface area contributed by atoms with Gasteiger partial charge in [0, 0.05) is 18.3 Å². The fourth-order valence-electron chi connectivity index (χ4n) is 3.94. The number of urea groups is 1. The number of fused-ring (bicyclic) bond motifs is 2. The van der Waals surface area contributed by atoms with E-state index in [1.165, 1.54) is 0 Å². The number of aliphatic hydroxyl groups excluding tert-OH is 1. The van der Waals surface area contributed by atoms with Crippen LogP contribution in [0.4, 0.5) is 10.5 Å². The molecule has 3 aliphatic rings. The molecule has 0 spiro atoms. The Morgan fingerprint density at radius 3 is 2.40 bits per heavy atom. The molecule has 35 heavy (non-hydrogen) atoms. The average Bonchev–Trinajstić information content (AvgIpc) is 3.52. The van der Waals surface area contributed by atoms with Crippen LogP contribution in [0.25, 0.3) is 0 Å². The van der Waals surface area contributed by atoms with E-state index in [4.69, 9.17) is 23.7 Å². The van der Waals surface area contributed by atoms with Crippen molar-refractivity contribution in [3.63, 3.8) is 0 Å². The highest BCUT2D eigenvalue weighted by atomic mass is 16.7. The van der Waals surface area contributed by atoms with Gasteiger partial charge in [0.15, 0.2) is 23.0 Å². The quantitative estimate of drug-likeness (QED) is 0.437. The molecule has 0 aromatic heterocycles. The number of anilines is 1. The summed E-state index contributed by atoms with van der Waals surface area (Å²) in [6.07, 6.45) is 2.28. The van der Waals surface area contributed by atoms with Crippen LogP contribution in [0.15, 0.2) is 48.6 Å².